The zero-order chi connectivity index (χ0) is 14.8. The van der Waals surface area contributed by atoms with Crippen molar-refractivity contribution in [2.45, 2.75) is 38.6 Å². The Labute approximate surface area is 125 Å². The molecule has 1 aromatic rings. The van der Waals surface area contributed by atoms with Gasteiger partial charge in [-0.3, -0.25) is 9.59 Å². The molecule has 2 aliphatic rings. The fourth-order valence-electron chi connectivity index (χ4n) is 3.00. The average molecular weight is 286 g/mol. The van der Waals surface area contributed by atoms with Crippen LogP contribution in [0.1, 0.15) is 43.4 Å². The molecule has 3 rings (SSSR count). The molecule has 0 unspecified atom stereocenters. The number of rotatable bonds is 4. The smallest absolute Gasteiger partial charge is 0.247 e. The summed E-state index contributed by atoms with van der Waals surface area (Å²) in [6.45, 7) is 3.34. The SMILES string of the molecule is CCCNC(=O)[C@@H]1c2ccccc2CCN1C(=O)C1CC1. The summed E-state index contributed by atoms with van der Waals surface area (Å²) in [5.74, 6) is 0.260. The van der Waals surface area contributed by atoms with Crippen LogP contribution in [0.25, 0.3) is 0 Å². The van der Waals surface area contributed by atoms with E-state index >= 15 is 0 Å². The lowest BCUT2D eigenvalue weighted by molar-refractivity contribution is -0.142. The van der Waals surface area contributed by atoms with E-state index in [4.69, 9.17) is 0 Å². The molecule has 4 nitrogen and oxygen atoms in total. The van der Waals surface area contributed by atoms with Crippen LogP contribution in [0.4, 0.5) is 0 Å². The predicted molar refractivity (Wildman–Crippen MR) is 80.6 cm³/mol. The predicted octanol–water partition coefficient (Wildman–Crippen LogP) is 2.05. The van der Waals surface area contributed by atoms with Crippen LogP contribution in [-0.2, 0) is 16.0 Å². The fraction of sp³-hybridized carbons (Fsp3) is 0.529. The lowest BCUT2D eigenvalue weighted by atomic mass is 9.91. The van der Waals surface area contributed by atoms with E-state index < -0.39 is 6.04 Å². The second kappa shape index (κ2) is 5.88. The lowest BCUT2D eigenvalue weighted by Crippen LogP contribution is -2.47. The van der Waals surface area contributed by atoms with Gasteiger partial charge in [0.25, 0.3) is 0 Å². The summed E-state index contributed by atoms with van der Waals surface area (Å²) >= 11 is 0. The molecule has 1 heterocycles. The number of hydrogen-bond acceptors (Lipinski definition) is 2. The summed E-state index contributed by atoms with van der Waals surface area (Å²) in [6.07, 6.45) is 3.68. The minimum absolute atomic E-state index is 0.0435. The molecule has 0 bridgehead atoms. The highest BCUT2D eigenvalue weighted by Crippen LogP contribution is 2.37. The Morgan fingerprint density at radius 2 is 2.05 bits per heavy atom. The summed E-state index contributed by atoms with van der Waals surface area (Å²) in [6, 6.07) is 7.55. The number of benzene rings is 1. The minimum atomic E-state index is -0.449. The van der Waals surface area contributed by atoms with Crippen LogP contribution >= 0.6 is 0 Å². The third-order valence-electron chi connectivity index (χ3n) is 4.29. The Morgan fingerprint density at radius 3 is 2.76 bits per heavy atom. The first-order chi connectivity index (χ1) is 10.2. The molecule has 1 aromatic carbocycles. The molecule has 1 fully saturated rings. The van der Waals surface area contributed by atoms with Crippen LogP contribution in [0.2, 0.25) is 0 Å². The van der Waals surface area contributed by atoms with Crippen LogP contribution in [0, 0.1) is 5.92 Å². The zero-order valence-corrected chi connectivity index (χ0v) is 12.5. The first kappa shape index (κ1) is 14.1. The van der Waals surface area contributed by atoms with Crippen molar-refractivity contribution in [3.8, 4) is 0 Å². The van der Waals surface area contributed by atoms with Crippen LogP contribution in [0.15, 0.2) is 24.3 Å². The Balaban J connectivity index is 1.90. The van der Waals surface area contributed by atoms with E-state index in [1.165, 1.54) is 5.56 Å². The molecular weight excluding hydrogens is 264 g/mol. The van der Waals surface area contributed by atoms with Crippen molar-refractivity contribution < 1.29 is 9.59 Å². The summed E-state index contributed by atoms with van der Waals surface area (Å²) in [7, 11) is 0. The average Bonchev–Trinajstić information content (AvgIpc) is 3.35. The number of nitrogens with one attached hydrogen (secondary N) is 1. The Hall–Kier alpha value is -1.84. The van der Waals surface area contributed by atoms with Crippen molar-refractivity contribution in [3.63, 3.8) is 0 Å². The largest absolute Gasteiger partial charge is 0.354 e. The first-order valence-electron chi connectivity index (χ1n) is 7.88. The van der Waals surface area contributed by atoms with Crippen molar-refractivity contribution >= 4 is 11.8 Å². The molecule has 112 valence electrons. The monoisotopic (exact) mass is 286 g/mol. The lowest BCUT2D eigenvalue weighted by Gasteiger charge is -2.36. The fourth-order valence-corrected chi connectivity index (χ4v) is 3.00. The van der Waals surface area contributed by atoms with Crippen LogP contribution < -0.4 is 5.32 Å². The highest BCUT2D eigenvalue weighted by Gasteiger charge is 2.41. The molecule has 1 saturated carbocycles. The Bertz CT molecular complexity index is 551. The van der Waals surface area contributed by atoms with Gasteiger partial charge < -0.3 is 10.2 Å². The summed E-state index contributed by atoms with van der Waals surface area (Å²) in [5, 5.41) is 2.95. The van der Waals surface area contributed by atoms with Gasteiger partial charge in [-0.15, -0.1) is 0 Å². The Kier molecular flexibility index (Phi) is 3.95. The van der Waals surface area contributed by atoms with Gasteiger partial charge in [0, 0.05) is 19.0 Å². The molecule has 0 radical (unpaired) electrons. The van der Waals surface area contributed by atoms with Crippen LogP contribution in [-0.4, -0.2) is 29.8 Å². The van der Waals surface area contributed by atoms with E-state index in [1.54, 1.807) is 4.90 Å². The van der Waals surface area contributed by atoms with Gasteiger partial charge in [0.2, 0.25) is 11.8 Å². The molecule has 0 saturated heterocycles. The normalized spacial score (nSPS) is 20.8. The molecule has 2 amide bonds. The van der Waals surface area contributed by atoms with E-state index in [1.807, 2.05) is 25.1 Å². The molecule has 21 heavy (non-hydrogen) atoms. The highest BCUT2D eigenvalue weighted by molar-refractivity contribution is 5.91. The highest BCUT2D eigenvalue weighted by atomic mass is 16.2. The van der Waals surface area contributed by atoms with Crippen LogP contribution in [0.5, 0.6) is 0 Å². The van der Waals surface area contributed by atoms with Crippen molar-refractivity contribution in [1.82, 2.24) is 10.2 Å². The van der Waals surface area contributed by atoms with Gasteiger partial charge in [0.15, 0.2) is 0 Å². The molecule has 0 aromatic heterocycles. The first-order valence-corrected chi connectivity index (χ1v) is 7.88. The molecule has 1 aliphatic carbocycles. The van der Waals surface area contributed by atoms with Crippen molar-refractivity contribution in [2.75, 3.05) is 13.1 Å². The quantitative estimate of drug-likeness (QED) is 0.921. The maximum absolute atomic E-state index is 12.6. The number of fused-ring (bicyclic) bond motifs is 1. The molecular formula is C17H22N2O2. The molecule has 1 atom stereocenters. The summed E-state index contributed by atoms with van der Waals surface area (Å²) in [4.78, 5) is 26.9. The van der Waals surface area contributed by atoms with Gasteiger partial charge in [0.05, 0.1) is 0 Å². The third kappa shape index (κ3) is 2.80. The number of hydrogen-bond donors (Lipinski definition) is 1. The summed E-state index contributed by atoms with van der Waals surface area (Å²) < 4.78 is 0. The van der Waals surface area contributed by atoms with Crippen molar-refractivity contribution in [3.05, 3.63) is 35.4 Å². The number of carbonyl (C=O) groups excluding carboxylic acids is 2. The third-order valence-corrected chi connectivity index (χ3v) is 4.29. The maximum Gasteiger partial charge on any atom is 0.247 e. The topological polar surface area (TPSA) is 49.4 Å². The van der Waals surface area contributed by atoms with Gasteiger partial charge in [0.1, 0.15) is 6.04 Å². The van der Waals surface area contributed by atoms with E-state index in [2.05, 4.69) is 11.4 Å². The number of carbonyl (C=O) groups is 2. The minimum Gasteiger partial charge on any atom is -0.354 e. The molecule has 0 spiro atoms. The van der Waals surface area contributed by atoms with Gasteiger partial charge in [-0.2, -0.15) is 0 Å². The second-order valence-electron chi connectivity index (χ2n) is 5.95. The second-order valence-corrected chi connectivity index (χ2v) is 5.95. The number of amides is 2. The zero-order valence-electron chi connectivity index (χ0n) is 12.5. The summed E-state index contributed by atoms with van der Waals surface area (Å²) in [5.41, 5.74) is 2.18. The van der Waals surface area contributed by atoms with Gasteiger partial charge in [-0.05, 0) is 36.8 Å². The molecule has 1 N–H and O–H groups in total. The molecule has 1 aliphatic heterocycles. The van der Waals surface area contributed by atoms with E-state index in [-0.39, 0.29) is 17.7 Å². The molecule has 4 heteroatoms. The van der Waals surface area contributed by atoms with Crippen molar-refractivity contribution in [1.29, 1.82) is 0 Å². The standard InChI is InChI=1S/C17H22N2O2/c1-2-10-18-16(20)15-14-6-4-3-5-12(14)9-11-19(15)17(21)13-7-8-13/h3-6,13,15H,2,7-11H2,1H3,(H,18,20)/t15-/m0/s1. The van der Waals surface area contributed by atoms with Gasteiger partial charge in [-0.25, -0.2) is 0 Å². The van der Waals surface area contributed by atoms with Crippen molar-refractivity contribution in [2.24, 2.45) is 5.92 Å². The van der Waals surface area contributed by atoms with E-state index in [0.29, 0.717) is 13.1 Å². The number of nitrogens with zero attached hydrogens (tertiary/aromatic N) is 1. The van der Waals surface area contributed by atoms with Gasteiger partial charge in [-0.1, -0.05) is 31.2 Å². The van der Waals surface area contributed by atoms with Gasteiger partial charge >= 0.3 is 0 Å². The van der Waals surface area contributed by atoms with E-state index in [9.17, 15) is 9.59 Å². The maximum atomic E-state index is 12.6. The Morgan fingerprint density at radius 1 is 1.29 bits per heavy atom. The van der Waals surface area contributed by atoms with E-state index in [0.717, 1.165) is 31.2 Å². The van der Waals surface area contributed by atoms with Crippen LogP contribution in [0.3, 0.4) is 0 Å².